The Morgan fingerprint density at radius 2 is 1.79 bits per heavy atom. The number of hydrogen-bond acceptors (Lipinski definition) is 3. The number of sulfone groups is 1. The van der Waals surface area contributed by atoms with E-state index in [0.29, 0.717) is 11.7 Å². The second-order valence-electron chi connectivity index (χ2n) is 7.12. The molecule has 4 heteroatoms. The van der Waals surface area contributed by atoms with Crippen molar-refractivity contribution in [2.45, 2.75) is 59.1 Å². The molecular weight excluding hydrogens is 258 g/mol. The molecule has 114 valence electrons. The predicted molar refractivity (Wildman–Crippen MR) is 82.1 cm³/mol. The van der Waals surface area contributed by atoms with Gasteiger partial charge in [0.15, 0.2) is 9.84 Å². The molecule has 3 nitrogen and oxygen atoms in total. The van der Waals surface area contributed by atoms with Crippen LogP contribution in [0, 0.1) is 17.3 Å². The number of nitrogens with one attached hydrogen (secondary N) is 1. The fourth-order valence-corrected chi connectivity index (χ4v) is 3.70. The molecule has 0 aromatic carbocycles. The van der Waals surface area contributed by atoms with Gasteiger partial charge in [-0.15, -0.1) is 0 Å². The maximum Gasteiger partial charge on any atom is 0.152 e. The summed E-state index contributed by atoms with van der Waals surface area (Å²) in [6, 6.07) is 0. The van der Waals surface area contributed by atoms with Crippen molar-refractivity contribution in [1.29, 1.82) is 0 Å². The zero-order valence-electron chi connectivity index (χ0n) is 13.2. The van der Waals surface area contributed by atoms with Crippen molar-refractivity contribution in [3.05, 3.63) is 0 Å². The lowest BCUT2D eigenvalue weighted by atomic mass is 9.82. The molecule has 1 fully saturated rings. The van der Waals surface area contributed by atoms with E-state index in [1.807, 2.05) is 0 Å². The summed E-state index contributed by atoms with van der Waals surface area (Å²) in [5, 5.41) is 3.27. The SMILES string of the molecule is CC(C)CNCC(C)(CCS(=O)(=O)C(C)C)C1CC1. The molecule has 1 rings (SSSR count). The molecule has 0 radical (unpaired) electrons. The van der Waals surface area contributed by atoms with Gasteiger partial charge in [-0.3, -0.25) is 0 Å². The van der Waals surface area contributed by atoms with Gasteiger partial charge in [0.1, 0.15) is 0 Å². The van der Waals surface area contributed by atoms with Crippen molar-refractivity contribution in [1.82, 2.24) is 5.32 Å². The molecule has 1 aliphatic rings. The van der Waals surface area contributed by atoms with Crippen LogP contribution in [0.15, 0.2) is 0 Å². The van der Waals surface area contributed by atoms with E-state index >= 15 is 0 Å². The van der Waals surface area contributed by atoms with Crippen LogP contribution >= 0.6 is 0 Å². The molecule has 0 amide bonds. The van der Waals surface area contributed by atoms with E-state index in [1.165, 1.54) is 12.8 Å². The van der Waals surface area contributed by atoms with Crippen molar-refractivity contribution in [2.24, 2.45) is 17.3 Å². The normalized spacial score (nSPS) is 19.9. The van der Waals surface area contributed by atoms with Gasteiger partial charge < -0.3 is 5.32 Å². The quantitative estimate of drug-likeness (QED) is 0.710. The second kappa shape index (κ2) is 6.57. The maximum absolute atomic E-state index is 12.0. The summed E-state index contributed by atoms with van der Waals surface area (Å²) in [6.07, 6.45) is 3.33. The Hall–Kier alpha value is -0.0900. The molecule has 0 aliphatic heterocycles. The van der Waals surface area contributed by atoms with Crippen LogP contribution in [0.3, 0.4) is 0 Å². The van der Waals surface area contributed by atoms with Gasteiger partial charge in [-0.1, -0.05) is 20.8 Å². The monoisotopic (exact) mass is 289 g/mol. The van der Waals surface area contributed by atoms with E-state index in [0.717, 1.165) is 25.4 Å². The van der Waals surface area contributed by atoms with Crippen LogP contribution < -0.4 is 5.32 Å². The van der Waals surface area contributed by atoms with E-state index in [2.05, 4.69) is 26.1 Å². The molecule has 1 aliphatic carbocycles. The zero-order chi connectivity index (χ0) is 14.7. The van der Waals surface area contributed by atoms with Crippen LogP contribution in [-0.2, 0) is 9.84 Å². The average molecular weight is 289 g/mol. The summed E-state index contributed by atoms with van der Waals surface area (Å²) in [7, 11) is -2.91. The smallest absolute Gasteiger partial charge is 0.152 e. The molecule has 0 saturated heterocycles. The summed E-state index contributed by atoms with van der Waals surface area (Å²) in [5.41, 5.74) is 0.150. The lowest BCUT2D eigenvalue weighted by molar-refractivity contribution is 0.245. The molecular formula is C15H31NO2S. The van der Waals surface area contributed by atoms with Crippen LogP contribution in [0.4, 0.5) is 0 Å². The minimum atomic E-state index is -2.91. The lowest BCUT2D eigenvalue weighted by Crippen LogP contribution is -2.37. The van der Waals surface area contributed by atoms with Crippen molar-refractivity contribution in [3.8, 4) is 0 Å². The minimum Gasteiger partial charge on any atom is -0.316 e. The van der Waals surface area contributed by atoms with Crippen LogP contribution in [0.1, 0.15) is 53.9 Å². The summed E-state index contributed by atoms with van der Waals surface area (Å²) in [4.78, 5) is 0. The van der Waals surface area contributed by atoms with E-state index in [4.69, 9.17) is 0 Å². The van der Waals surface area contributed by atoms with Gasteiger partial charge in [0.2, 0.25) is 0 Å². The van der Waals surface area contributed by atoms with Crippen molar-refractivity contribution in [2.75, 3.05) is 18.8 Å². The Kier molecular flexibility index (Phi) is 5.87. The Labute approximate surface area is 119 Å². The zero-order valence-corrected chi connectivity index (χ0v) is 14.0. The number of hydrogen-bond donors (Lipinski definition) is 1. The van der Waals surface area contributed by atoms with Gasteiger partial charge in [-0.2, -0.15) is 0 Å². The van der Waals surface area contributed by atoms with Gasteiger partial charge >= 0.3 is 0 Å². The van der Waals surface area contributed by atoms with Gasteiger partial charge in [-0.05, 0) is 56.9 Å². The molecule has 1 saturated carbocycles. The van der Waals surface area contributed by atoms with E-state index < -0.39 is 9.84 Å². The first-order valence-corrected chi connectivity index (χ1v) is 9.31. The fraction of sp³-hybridized carbons (Fsp3) is 1.00. The Morgan fingerprint density at radius 3 is 2.21 bits per heavy atom. The van der Waals surface area contributed by atoms with Crippen LogP contribution in [0.25, 0.3) is 0 Å². The summed E-state index contributed by atoms with van der Waals surface area (Å²) < 4.78 is 24.0. The number of rotatable bonds is 9. The third kappa shape index (κ3) is 5.42. The van der Waals surface area contributed by atoms with Gasteiger partial charge in [0, 0.05) is 6.54 Å². The Morgan fingerprint density at radius 1 is 1.21 bits per heavy atom. The topological polar surface area (TPSA) is 46.2 Å². The second-order valence-corrected chi connectivity index (χ2v) is 9.80. The average Bonchev–Trinajstić information content (AvgIpc) is 3.10. The highest BCUT2D eigenvalue weighted by Crippen LogP contribution is 2.47. The summed E-state index contributed by atoms with van der Waals surface area (Å²) in [5.74, 6) is 1.69. The van der Waals surface area contributed by atoms with Gasteiger partial charge in [0.05, 0.1) is 11.0 Å². The Bertz CT molecular complexity index is 372. The maximum atomic E-state index is 12.0. The molecule has 0 bridgehead atoms. The van der Waals surface area contributed by atoms with Crippen molar-refractivity contribution >= 4 is 9.84 Å². The molecule has 1 unspecified atom stereocenters. The van der Waals surface area contributed by atoms with Gasteiger partial charge in [0.25, 0.3) is 0 Å². The first kappa shape index (κ1) is 17.0. The van der Waals surface area contributed by atoms with Gasteiger partial charge in [-0.25, -0.2) is 8.42 Å². The first-order chi connectivity index (χ1) is 8.67. The molecule has 0 aromatic heterocycles. The molecule has 0 spiro atoms. The van der Waals surface area contributed by atoms with E-state index in [-0.39, 0.29) is 10.7 Å². The minimum absolute atomic E-state index is 0.150. The molecule has 1 N–H and O–H groups in total. The molecule has 1 atom stereocenters. The third-order valence-electron chi connectivity index (χ3n) is 4.32. The summed E-state index contributed by atoms with van der Waals surface area (Å²) in [6.45, 7) is 12.2. The van der Waals surface area contributed by atoms with Crippen LogP contribution in [-0.4, -0.2) is 32.5 Å². The van der Waals surface area contributed by atoms with Crippen LogP contribution in [0.2, 0.25) is 0 Å². The molecule has 19 heavy (non-hydrogen) atoms. The molecule has 0 heterocycles. The van der Waals surface area contributed by atoms with E-state index in [1.54, 1.807) is 13.8 Å². The molecule has 0 aromatic rings. The lowest BCUT2D eigenvalue weighted by Gasteiger charge is -2.31. The highest BCUT2D eigenvalue weighted by atomic mass is 32.2. The summed E-state index contributed by atoms with van der Waals surface area (Å²) >= 11 is 0. The third-order valence-corrected chi connectivity index (χ3v) is 6.53. The van der Waals surface area contributed by atoms with Crippen molar-refractivity contribution < 1.29 is 8.42 Å². The highest BCUT2D eigenvalue weighted by molar-refractivity contribution is 7.91. The van der Waals surface area contributed by atoms with E-state index in [9.17, 15) is 8.42 Å². The first-order valence-electron chi connectivity index (χ1n) is 7.59. The highest BCUT2D eigenvalue weighted by Gasteiger charge is 2.41. The van der Waals surface area contributed by atoms with Crippen LogP contribution in [0.5, 0.6) is 0 Å². The Balaban J connectivity index is 2.52. The largest absolute Gasteiger partial charge is 0.316 e. The predicted octanol–water partition coefficient (Wildman–Crippen LogP) is 2.86. The standard InChI is InChI=1S/C15H31NO2S/c1-12(2)10-16-11-15(5,14-6-7-14)8-9-19(17,18)13(3)4/h12-14,16H,6-11H2,1-5H3. The van der Waals surface area contributed by atoms with Crippen molar-refractivity contribution in [3.63, 3.8) is 0 Å². The fourth-order valence-electron chi connectivity index (χ4n) is 2.47.